The summed E-state index contributed by atoms with van der Waals surface area (Å²) in [5.41, 5.74) is 0.551. The molecule has 0 aliphatic rings. The summed E-state index contributed by atoms with van der Waals surface area (Å²) in [5, 5.41) is 10.2. The zero-order valence-electron chi connectivity index (χ0n) is 6.42. The van der Waals surface area contributed by atoms with Crippen molar-refractivity contribution in [3.05, 3.63) is 28.2 Å². The predicted octanol–water partition coefficient (Wildman–Crippen LogP) is 1.33. The van der Waals surface area contributed by atoms with Gasteiger partial charge in [-0.2, -0.15) is 0 Å². The maximum absolute atomic E-state index is 9.24. The largest absolute Gasteiger partial charge is 0.491 e. The lowest BCUT2D eigenvalue weighted by molar-refractivity contribution is 0.341. The lowest BCUT2D eigenvalue weighted by atomic mass is 9.80. The Labute approximate surface area is 81.2 Å². The van der Waals surface area contributed by atoms with Gasteiger partial charge in [0.2, 0.25) is 0 Å². The number of hydrogen-bond acceptors (Lipinski definition) is 2. The van der Waals surface area contributed by atoms with Crippen LogP contribution in [0, 0.1) is 0 Å². The minimum Gasteiger partial charge on any atom is -0.423 e. The molecule has 1 N–H and O–H groups in total. The van der Waals surface area contributed by atoms with E-state index in [9.17, 15) is 5.02 Å². The van der Waals surface area contributed by atoms with E-state index in [0.29, 0.717) is 15.5 Å². The van der Waals surface area contributed by atoms with Crippen molar-refractivity contribution in [2.75, 3.05) is 7.11 Å². The molecule has 0 fully saturated rings. The van der Waals surface area contributed by atoms with E-state index in [1.807, 2.05) is 0 Å². The van der Waals surface area contributed by atoms with Gasteiger partial charge >= 0.3 is 7.12 Å². The zero-order valence-corrected chi connectivity index (χ0v) is 7.93. The average molecular weight is 205 g/mol. The summed E-state index contributed by atoms with van der Waals surface area (Å²) < 4.78 is 4.68. The molecule has 0 aliphatic carbocycles. The second kappa shape index (κ2) is 4.14. The fourth-order valence-electron chi connectivity index (χ4n) is 0.854. The van der Waals surface area contributed by atoms with Crippen LogP contribution in [-0.2, 0) is 4.65 Å². The Morgan fingerprint density at radius 3 is 2.17 bits per heavy atom. The summed E-state index contributed by atoms with van der Waals surface area (Å²) in [7, 11) is 0.431. The van der Waals surface area contributed by atoms with Gasteiger partial charge in [0.1, 0.15) is 0 Å². The van der Waals surface area contributed by atoms with Gasteiger partial charge in [-0.25, -0.2) is 0 Å². The van der Waals surface area contributed by atoms with Gasteiger partial charge < -0.3 is 9.68 Å². The molecule has 0 bridgehead atoms. The van der Waals surface area contributed by atoms with Crippen molar-refractivity contribution in [1.82, 2.24) is 0 Å². The van der Waals surface area contributed by atoms with Gasteiger partial charge in [0.25, 0.3) is 0 Å². The third-order valence-corrected chi connectivity index (χ3v) is 1.83. The molecule has 2 nitrogen and oxygen atoms in total. The molecule has 0 spiro atoms. The van der Waals surface area contributed by atoms with E-state index in [0.717, 1.165) is 0 Å². The molecule has 0 heterocycles. The van der Waals surface area contributed by atoms with Crippen molar-refractivity contribution in [3.63, 3.8) is 0 Å². The Morgan fingerprint density at radius 1 is 1.25 bits per heavy atom. The Hall–Kier alpha value is -0.215. The van der Waals surface area contributed by atoms with Crippen molar-refractivity contribution < 1.29 is 9.68 Å². The van der Waals surface area contributed by atoms with E-state index in [2.05, 4.69) is 4.65 Å². The maximum Gasteiger partial charge on any atom is 0.491 e. The van der Waals surface area contributed by atoms with E-state index < -0.39 is 7.12 Å². The number of halogens is 2. The van der Waals surface area contributed by atoms with Crippen LogP contribution in [0.5, 0.6) is 0 Å². The Morgan fingerprint density at radius 2 is 1.75 bits per heavy atom. The first-order valence-electron chi connectivity index (χ1n) is 3.30. The van der Waals surface area contributed by atoms with Crippen LogP contribution in [0.4, 0.5) is 0 Å². The van der Waals surface area contributed by atoms with Gasteiger partial charge in [0, 0.05) is 17.2 Å². The van der Waals surface area contributed by atoms with E-state index in [-0.39, 0.29) is 0 Å². The zero-order chi connectivity index (χ0) is 9.14. The summed E-state index contributed by atoms with van der Waals surface area (Å²) in [4.78, 5) is 0. The molecule has 5 heteroatoms. The van der Waals surface area contributed by atoms with Gasteiger partial charge in [0.15, 0.2) is 0 Å². The molecule has 1 aromatic rings. The Kier molecular flexibility index (Phi) is 3.41. The second-order valence-electron chi connectivity index (χ2n) is 2.29. The highest BCUT2D eigenvalue weighted by Gasteiger charge is 2.15. The number of benzene rings is 1. The minimum atomic E-state index is -0.971. The highest BCUT2D eigenvalue weighted by Crippen LogP contribution is 2.13. The van der Waals surface area contributed by atoms with E-state index in [1.165, 1.54) is 7.11 Å². The first-order valence-corrected chi connectivity index (χ1v) is 4.06. The van der Waals surface area contributed by atoms with Crippen LogP contribution in [0.25, 0.3) is 0 Å². The van der Waals surface area contributed by atoms with Crippen LogP contribution in [-0.4, -0.2) is 19.3 Å². The Balaban J connectivity index is 3.00. The third-order valence-electron chi connectivity index (χ3n) is 1.39. The van der Waals surface area contributed by atoms with Crippen LogP contribution < -0.4 is 5.46 Å². The SMILES string of the molecule is COB(O)c1cc(Cl)cc(Cl)c1. The molecule has 64 valence electrons. The molecular weight excluding hydrogens is 198 g/mol. The highest BCUT2D eigenvalue weighted by molar-refractivity contribution is 6.60. The molecule has 0 atom stereocenters. The standard InChI is InChI=1S/C7H7BCl2O2/c1-12-8(11)5-2-6(9)4-7(10)3-5/h2-4,11H,1H3. The van der Waals surface area contributed by atoms with Crippen molar-refractivity contribution >= 4 is 35.8 Å². The topological polar surface area (TPSA) is 29.5 Å². The van der Waals surface area contributed by atoms with Crippen LogP contribution in [0.15, 0.2) is 18.2 Å². The van der Waals surface area contributed by atoms with Crippen molar-refractivity contribution in [2.24, 2.45) is 0 Å². The van der Waals surface area contributed by atoms with Gasteiger partial charge in [0.05, 0.1) is 0 Å². The molecule has 0 unspecified atom stereocenters. The molecule has 0 aliphatic heterocycles. The van der Waals surface area contributed by atoms with Crippen LogP contribution in [0.2, 0.25) is 10.0 Å². The van der Waals surface area contributed by atoms with Crippen LogP contribution >= 0.6 is 23.2 Å². The summed E-state index contributed by atoms with van der Waals surface area (Å²) in [5.74, 6) is 0. The fourth-order valence-corrected chi connectivity index (χ4v) is 1.40. The summed E-state index contributed by atoms with van der Waals surface area (Å²) >= 11 is 11.4. The van der Waals surface area contributed by atoms with Crippen molar-refractivity contribution in [1.29, 1.82) is 0 Å². The molecule has 1 aromatic carbocycles. The quantitative estimate of drug-likeness (QED) is 0.737. The van der Waals surface area contributed by atoms with Crippen molar-refractivity contribution in [2.45, 2.75) is 0 Å². The summed E-state index contributed by atoms with van der Waals surface area (Å²) in [6.07, 6.45) is 0. The predicted molar refractivity (Wildman–Crippen MR) is 51.1 cm³/mol. The molecule has 1 rings (SSSR count). The van der Waals surface area contributed by atoms with E-state index in [4.69, 9.17) is 23.2 Å². The lowest BCUT2D eigenvalue weighted by Gasteiger charge is -2.04. The van der Waals surface area contributed by atoms with Gasteiger partial charge in [-0.05, 0) is 23.7 Å². The van der Waals surface area contributed by atoms with Gasteiger partial charge in [-0.3, -0.25) is 0 Å². The summed E-state index contributed by atoms with van der Waals surface area (Å²) in [6, 6.07) is 4.79. The number of rotatable bonds is 2. The molecule has 12 heavy (non-hydrogen) atoms. The monoisotopic (exact) mass is 204 g/mol. The lowest BCUT2D eigenvalue weighted by Crippen LogP contribution is -2.32. The van der Waals surface area contributed by atoms with E-state index in [1.54, 1.807) is 18.2 Å². The average Bonchev–Trinajstić information content (AvgIpc) is 2.01. The molecule has 0 aromatic heterocycles. The van der Waals surface area contributed by atoms with Crippen LogP contribution in [0.3, 0.4) is 0 Å². The van der Waals surface area contributed by atoms with Crippen molar-refractivity contribution in [3.8, 4) is 0 Å². The summed E-state index contributed by atoms with van der Waals surface area (Å²) in [6.45, 7) is 0. The number of hydrogen-bond donors (Lipinski definition) is 1. The third kappa shape index (κ3) is 2.39. The second-order valence-corrected chi connectivity index (χ2v) is 3.16. The maximum atomic E-state index is 9.24. The first kappa shape index (κ1) is 9.87. The molecule has 0 saturated heterocycles. The normalized spacial score (nSPS) is 10.0. The van der Waals surface area contributed by atoms with Gasteiger partial charge in [-0.1, -0.05) is 23.2 Å². The van der Waals surface area contributed by atoms with Gasteiger partial charge in [-0.15, -0.1) is 0 Å². The molecule has 0 saturated carbocycles. The molecule has 0 amide bonds. The van der Waals surface area contributed by atoms with E-state index >= 15 is 0 Å². The minimum absolute atomic E-state index is 0.480. The molecular formula is C7H7BCl2O2. The fraction of sp³-hybridized carbons (Fsp3) is 0.143. The van der Waals surface area contributed by atoms with Crippen LogP contribution in [0.1, 0.15) is 0 Å². The molecule has 0 radical (unpaired) electrons. The smallest absolute Gasteiger partial charge is 0.423 e. The first-order chi connectivity index (χ1) is 5.63. The Bertz CT molecular complexity index is 260. The highest BCUT2D eigenvalue weighted by atomic mass is 35.5.